The lowest BCUT2D eigenvalue weighted by molar-refractivity contribution is -0.157. The van der Waals surface area contributed by atoms with E-state index in [1.54, 1.807) is 0 Å². The van der Waals surface area contributed by atoms with Crippen LogP contribution in [0.1, 0.15) is 200 Å². The van der Waals surface area contributed by atoms with Gasteiger partial charge in [-0.25, -0.2) is 0 Å². The van der Waals surface area contributed by atoms with Crippen molar-refractivity contribution in [2.75, 3.05) is 13.2 Å². The Labute approximate surface area is 330 Å². The molecule has 0 aromatic rings. The molecule has 0 saturated heterocycles. The van der Waals surface area contributed by atoms with Crippen LogP contribution in [0.4, 0.5) is 0 Å². The molecule has 0 heterocycles. The third-order valence-electron chi connectivity index (χ3n) is 9.44. The van der Waals surface area contributed by atoms with Crippen LogP contribution in [0.3, 0.4) is 0 Å². The summed E-state index contributed by atoms with van der Waals surface area (Å²) in [5.74, 6) is -2.25. The molecule has 310 valence electrons. The SMILES string of the molecule is CCCCCCCC/C=C\CCCCCCCC(=O)OCC(C(=O)CCN=C(N)N)C(N)OC(=O)CCCCCCC/C=C\CCCCCCCC.Cl. The Kier molecular flexibility index (Phi) is 40.6. The van der Waals surface area contributed by atoms with E-state index in [0.717, 1.165) is 70.6 Å². The monoisotopic (exact) mass is 769 g/mol. The standard InChI is InChI=1S/C43H80N4O5.ClH/c1-3-5-7-9-11-13-15-17-19-21-23-25-27-29-31-33-40(49)51-37-38(39(48)35-36-47-43(45)46)42(44)52-41(50)34-32-30-28-26-24-22-20-18-16-14-12-10-8-6-4-2;/h17-20,38,42H,3-16,21-37,44H2,1-2H3,(H4,45,46,47);1H/b19-17-,20-18-;. The fourth-order valence-corrected chi connectivity index (χ4v) is 6.08. The molecule has 2 atom stereocenters. The predicted molar refractivity (Wildman–Crippen MR) is 225 cm³/mol. The summed E-state index contributed by atoms with van der Waals surface area (Å²) in [5, 5.41) is 0. The third kappa shape index (κ3) is 37.7. The van der Waals surface area contributed by atoms with Crippen molar-refractivity contribution in [3.8, 4) is 0 Å². The second-order valence-corrected chi connectivity index (χ2v) is 14.4. The summed E-state index contributed by atoms with van der Waals surface area (Å²) >= 11 is 0. The van der Waals surface area contributed by atoms with Crippen LogP contribution >= 0.6 is 12.4 Å². The second-order valence-electron chi connectivity index (χ2n) is 14.4. The summed E-state index contributed by atoms with van der Waals surface area (Å²) in [5.41, 5.74) is 16.9. The van der Waals surface area contributed by atoms with Gasteiger partial charge in [0.1, 0.15) is 18.3 Å². The minimum atomic E-state index is -1.21. The van der Waals surface area contributed by atoms with E-state index in [-0.39, 0.29) is 62.5 Å². The van der Waals surface area contributed by atoms with Crippen LogP contribution in [0, 0.1) is 5.92 Å². The van der Waals surface area contributed by atoms with E-state index in [9.17, 15) is 14.4 Å². The molecule has 0 amide bonds. The first-order chi connectivity index (χ1) is 25.3. The summed E-state index contributed by atoms with van der Waals surface area (Å²) in [6.45, 7) is 4.33. The molecule has 53 heavy (non-hydrogen) atoms. The maximum Gasteiger partial charge on any atom is 0.307 e. The highest BCUT2D eigenvalue weighted by Crippen LogP contribution is 2.15. The van der Waals surface area contributed by atoms with Crippen molar-refractivity contribution in [1.29, 1.82) is 0 Å². The van der Waals surface area contributed by atoms with Gasteiger partial charge in [0.15, 0.2) is 12.2 Å². The smallest absolute Gasteiger partial charge is 0.307 e. The molecule has 0 fully saturated rings. The van der Waals surface area contributed by atoms with E-state index in [0.29, 0.717) is 6.42 Å². The number of carbonyl (C=O) groups is 3. The number of nitrogens with zero attached hydrogens (tertiary/aromatic N) is 1. The lowest BCUT2D eigenvalue weighted by Gasteiger charge is -2.22. The lowest BCUT2D eigenvalue weighted by atomic mass is 10.0. The summed E-state index contributed by atoms with van der Waals surface area (Å²) in [7, 11) is 0. The van der Waals surface area contributed by atoms with Crippen LogP contribution in [-0.4, -0.2) is 43.1 Å². The molecule has 0 rings (SSSR count). The lowest BCUT2D eigenvalue weighted by Crippen LogP contribution is -2.42. The number of hydrogen-bond donors (Lipinski definition) is 3. The number of ether oxygens (including phenoxy) is 2. The van der Waals surface area contributed by atoms with Crippen LogP contribution in [0.2, 0.25) is 0 Å². The molecule has 0 aliphatic carbocycles. The second kappa shape index (κ2) is 40.8. The first-order valence-electron chi connectivity index (χ1n) is 21.3. The quantitative estimate of drug-likeness (QED) is 0.0140. The van der Waals surface area contributed by atoms with Crippen LogP contribution in [-0.2, 0) is 23.9 Å². The molecule has 0 aromatic heterocycles. The summed E-state index contributed by atoms with van der Waals surface area (Å²) in [4.78, 5) is 41.8. The Morgan fingerprint density at radius 3 is 1.34 bits per heavy atom. The van der Waals surface area contributed by atoms with Crippen LogP contribution < -0.4 is 17.2 Å². The molecule has 0 saturated carbocycles. The molecule has 6 N–H and O–H groups in total. The number of hydrogen-bond acceptors (Lipinski definition) is 7. The third-order valence-corrected chi connectivity index (χ3v) is 9.44. The largest absolute Gasteiger partial charge is 0.465 e. The minimum Gasteiger partial charge on any atom is -0.465 e. The van der Waals surface area contributed by atoms with Crippen molar-refractivity contribution in [2.45, 2.75) is 206 Å². The van der Waals surface area contributed by atoms with Crippen LogP contribution in [0.25, 0.3) is 0 Å². The van der Waals surface area contributed by atoms with E-state index in [1.807, 2.05) is 0 Å². The number of carbonyl (C=O) groups excluding carboxylic acids is 3. The van der Waals surface area contributed by atoms with Gasteiger partial charge in [0.25, 0.3) is 0 Å². The molecule has 0 aliphatic heterocycles. The highest BCUT2D eigenvalue weighted by Gasteiger charge is 2.29. The van der Waals surface area contributed by atoms with E-state index >= 15 is 0 Å². The van der Waals surface area contributed by atoms with Crippen LogP contribution in [0.5, 0.6) is 0 Å². The first kappa shape index (κ1) is 52.7. The van der Waals surface area contributed by atoms with Gasteiger partial charge in [-0.3, -0.25) is 25.1 Å². The Morgan fingerprint density at radius 1 is 0.547 bits per heavy atom. The molecule has 0 bridgehead atoms. The molecule has 0 aromatic carbocycles. The predicted octanol–water partition coefficient (Wildman–Crippen LogP) is 10.7. The molecule has 0 aliphatic rings. The number of guanidine groups is 1. The number of rotatable bonds is 38. The number of aliphatic imine (C=N–C) groups is 1. The zero-order chi connectivity index (χ0) is 38.3. The van der Waals surface area contributed by atoms with E-state index in [1.165, 1.54) is 89.9 Å². The maximum absolute atomic E-state index is 13.0. The van der Waals surface area contributed by atoms with Gasteiger partial charge in [-0.15, -0.1) is 12.4 Å². The summed E-state index contributed by atoms with van der Waals surface area (Å²) in [6, 6.07) is 0. The molecule has 0 radical (unpaired) electrons. The zero-order valence-corrected chi connectivity index (χ0v) is 34.8. The number of esters is 2. The highest BCUT2D eigenvalue weighted by atomic mass is 35.5. The van der Waals surface area contributed by atoms with Crippen molar-refractivity contribution in [3.05, 3.63) is 24.3 Å². The topological polar surface area (TPSA) is 160 Å². The van der Waals surface area contributed by atoms with E-state index in [4.69, 9.17) is 26.7 Å². The fraction of sp³-hybridized carbons (Fsp3) is 0.814. The summed E-state index contributed by atoms with van der Waals surface area (Å²) < 4.78 is 10.9. The van der Waals surface area contributed by atoms with Crippen molar-refractivity contribution >= 4 is 36.1 Å². The van der Waals surface area contributed by atoms with Crippen molar-refractivity contribution in [1.82, 2.24) is 0 Å². The highest BCUT2D eigenvalue weighted by molar-refractivity contribution is 5.85. The fourth-order valence-electron chi connectivity index (χ4n) is 6.08. The van der Waals surface area contributed by atoms with E-state index in [2.05, 4.69) is 43.1 Å². The van der Waals surface area contributed by atoms with Crippen molar-refractivity contribution in [3.63, 3.8) is 0 Å². The minimum absolute atomic E-state index is 0. The average molecular weight is 770 g/mol. The number of ketones is 1. The Bertz CT molecular complexity index is 955. The zero-order valence-electron chi connectivity index (χ0n) is 34.0. The van der Waals surface area contributed by atoms with Crippen molar-refractivity contribution in [2.24, 2.45) is 28.1 Å². The molecule has 10 heteroatoms. The van der Waals surface area contributed by atoms with Crippen molar-refractivity contribution < 1.29 is 23.9 Å². The Hall–Kier alpha value is -2.39. The molecule has 0 spiro atoms. The number of Topliss-reactive ketones (excluding diaryl/α,β-unsaturated/α-hetero) is 1. The van der Waals surface area contributed by atoms with Gasteiger partial charge in [0.05, 0.1) is 0 Å². The van der Waals surface area contributed by atoms with Gasteiger partial charge < -0.3 is 20.9 Å². The number of unbranched alkanes of at least 4 members (excludes halogenated alkanes) is 22. The summed E-state index contributed by atoms with van der Waals surface area (Å²) in [6.07, 6.45) is 39.1. The normalized spacial score (nSPS) is 12.4. The Morgan fingerprint density at radius 2 is 0.925 bits per heavy atom. The van der Waals surface area contributed by atoms with Gasteiger partial charge in [-0.05, 0) is 64.2 Å². The molecular weight excluding hydrogens is 688 g/mol. The first-order valence-corrected chi connectivity index (χ1v) is 21.3. The van der Waals surface area contributed by atoms with Gasteiger partial charge >= 0.3 is 11.9 Å². The number of halogens is 1. The molecular formula is C43H81ClN4O5. The van der Waals surface area contributed by atoms with Gasteiger partial charge in [0.2, 0.25) is 0 Å². The van der Waals surface area contributed by atoms with Crippen LogP contribution in [0.15, 0.2) is 29.3 Å². The number of nitrogens with two attached hydrogens (primary N) is 3. The van der Waals surface area contributed by atoms with Gasteiger partial charge in [0, 0.05) is 25.8 Å². The van der Waals surface area contributed by atoms with Gasteiger partial charge in [-0.1, -0.05) is 141 Å². The van der Waals surface area contributed by atoms with Gasteiger partial charge in [-0.2, -0.15) is 0 Å². The Balaban J connectivity index is 0. The number of allylic oxidation sites excluding steroid dienone is 4. The molecule has 9 nitrogen and oxygen atoms in total. The van der Waals surface area contributed by atoms with E-state index < -0.39 is 18.1 Å². The molecule has 2 unspecified atom stereocenters. The maximum atomic E-state index is 13.0. The average Bonchev–Trinajstić information content (AvgIpc) is 3.11.